The molecule has 0 fully saturated rings. The van der Waals surface area contributed by atoms with Crippen molar-refractivity contribution in [2.75, 3.05) is 19.7 Å². The molecule has 3 unspecified atom stereocenters. The van der Waals surface area contributed by atoms with Gasteiger partial charge in [0.05, 0.1) is 17.2 Å². The second kappa shape index (κ2) is 19.9. The van der Waals surface area contributed by atoms with E-state index in [2.05, 4.69) is 25.8 Å². The van der Waals surface area contributed by atoms with Crippen molar-refractivity contribution in [3.63, 3.8) is 0 Å². The molecule has 2 heterocycles. The third kappa shape index (κ3) is 11.3. The zero-order valence-electron chi connectivity index (χ0n) is 30.3. The SMILES string of the molecule is CC1(c2cc(Cl)cc(Cl)c2)CN=C(c2ccc(C(=O)O)c(Cl)c2)C1.CCCCOC(O)c1ccc(C2=NCC(C)(c3cc(Cl)cc(Cl)c3)C2)cc1Cl.[Li+].[OH-]. The van der Waals surface area contributed by atoms with E-state index in [0.29, 0.717) is 56.8 Å². The molecule has 282 valence electrons. The van der Waals surface area contributed by atoms with Crippen molar-refractivity contribution in [1.29, 1.82) is 0 Å². The Labute approximate surface area is 358 Å². The smallest absolute Gasteiger partial charge is 0.870 e. The molecule has 0 aliphatic carbocycles. The number of aliphatic hydroxyl groups excluding tert-OH is 1. The second-order valence-electron chi connectivity index (χ2n) is 13.6. The van der Waals surface area contributed by atoms with Crippen LogP contribution < -0.4 is 18.9 Å². The average Bonchev–Trinajstić information content (AvgIpc) is 3.69. The molecule has 4 aromatic rings. The number of carboxylic acids is 1. The van der Waals surface area contributed by atoms with E-state index in [4.69, 9.17) is 84.4 Å². The topological polar surface area (TPSA) is 121 Å². The van der Waals surface area contributed by atoms with Gasteiger partial charge < -0.3 is 20.4 Å². The number of ether oxygens (including phenoxy) is 1. The molecule has 0 saturated carbocycles. The molecule has 0 radical (unpaired) electrons. The second-order valence-corrected chi connectivity index (χ2v) is 16.2. The Balaban J connectivity index is 0.000000283. The molecule has 0 aromatic heterocycles. The molecule has 2 aliphatic heterocycles. The third-order valence-electron chi connectivity index (χ3n) is 9.38. The van der Waals surface area contributed by atoms with Gasteiger partial charge in [0, 0.05) is 78.9 Å². The fourth-order valence-corrected chi connectivity index (χ4v) is 7.87. The van der Waals surface area contributed by atoms with E-state index >= 15 is 0 Å². The van der Waals surface area contributed by atoms with Crippen LogP contribution in [0.2, 0.25) is 30.1 Å². The summed E-state index contributed by atoms with van der Waals surface area (Å²) in [6.07, 6.45) is 2.35. The predicted octanol–water partition coefficient (Wildman–Crippen LogP) is 8.93. The van der Waals surface area contributed by atoms with Crippen molar-refractivity contribution in [3.05, 3.63) is 136 Å². The number of carbonyl (C=O) groups is 1. The summed E-state index contributed by atoms with van der Waals surface area (Å²) in [7, 11) is 0. The van der Waals surface area contributed by atoms with E-state index in [1.54, 1.807) is 24.3 Å². The number of hydrogen-bond acceptors (Lipinski definition) is 6. The Morgan fingerprint density at radius 2 is 1.19 bits per heavy atom. The van der Waals surface area contributed by atoms with Gasteiger partial charge in [0.15, 0.2) is 6.29 Å². The quantitative estimate of drug-likeness (QED) is 0.0939. The normalized spacial score (nSPS) is 19.4. The Hall–Kier alpha value is -2.09. The van der Waals surface area contributed by atoms with Gasteiger partial charge in [-0.1, -0.05) is 115 Å². The van der Waals surface area contributed by atoms with Crippen molar-refractivity contribution in [3.8, 4) is 0 Å². The van der Waals surface area contributed by atoms with Crippen LogP contribution >= 0.6 is 69.6 Å². The van der Waals surface area contributed by atoms with Crippen LogP contribution in [0, 0.1) is 0 Å². The number of nitrogens with zero attached hydrogens (tertiary/aromatic N) is 2. The van der Waals surface area contributed by atoms with Crippen LogP contribution in [0.3, 0.4) is 0 Å². The summed E-state index contributed by atoms with van der Waals surface area (Å²) < 4.78 is 5.44. The van der Waals surface area contributed by atoms with Crippen molar-refractivity contribution >= 4 is 87.0 Å². The van der Waals surface area contributed by atoms with Crippen LogP contribution in [0.25, 0.3) is 0 Å². The van der Waals surface area contributed by atoms with Gasteiger partial charge in [-0.05, 0) is 83.3 Å². The van der Waals surface area contributed by atoms with Gasteiger partial charge in [0.25, 0.3) is 0 Å². The van der Waals surface area contributed by atoms with Crippen molar-refractivity contribution in [2.45, 2.75) is 63.6 Å². The fourth-order valence-electron chi connectivity index (χ4n) is 6.28. The fraction of sp³-hybridized carbons (Fsp3) is 0.325. The number of aliphatic hydroxyl groups is 1. The summed E-state index contributed by atoms with van der Waals surface area (Å²) in [6, 6.07) is 21.7. The van der Waals surface area contributed by atoms with Gasteiger partial charge in [-0.3, -0.25) is 9.98 Å². The summed E-state index contributed by atoms with van der Waals surface area (Å²) in [6.45, 7) is 8.11. The number of rotatable bonds is 10. The Kier molecular flexibility index (Phi) is 17.0. The molecular formula is C40H39Cl6LiN2O5. The first-order chi connectivity index (χ1) is 24.6. The molecule has 7 nitrogen and oxygen atoms in total. The minimum Gasteiger partial charge on any atom is -0.870 e. The molecule has 0 bridgehead atoms. The van der Waals surface area contributed by atoms with Gasteiger partial charge in [-0.25, -0.2) is 4.79 Å². The van der Waals surface area contributed by atoms with Crippen molar-refractivity contribution in [1.82, 2.24) is 0 Å². The number of aromatic carboxylic acids is 1. The zero-order chi connectivity index (χ0) is 37.8. The number of hydrogen-bond donors (Lipinski definition) is 2. The average molecular weight is 847 g/mol. The molecule has 6 rings (SSSR count). The molecule has 2 aliphatic rings. The van der Waals surface area contributed by atoms with Crippen LogP contribution in [0.4, 0.5) is 0 Å². The van der Waals surface area contributed by atoms with E-state index in [0.717, 1.165) is 52.9 Å². The van der Waals surface area contributed by atoms with Gasteiger partial charge >= 0.3 is 24.8 Å². The van der Waals surface area contributed by atoms with Crippen molar-refractivity contribution in [2.24, 2.45) is 9.98 Å². The van der Waals surface area contributed by atoms with Crippen LogP contribution in [0.1, 0.15) is 90.9 Å². The number of halogens is 6. The molecule has 0 amide bonds. The maximum Gasteiger partial charge on any atom is 1.00 e. The summed E-state index contributed by atoms with van der Waals surface area (Å²) in [5.74, 6) is -1.04. The minimum absolute atomic E-state index is 0. The Morgan fingerprint density at radius 1 is 0.741 bits per heavy atom. The summed E-state index contributed by atoms with van der Waals surface area (Å²) >= 11 is 37.1. The Morgan fingerprint density at radius 3 is 1.59 bits per heavy atom. The molecule has 0 spiro atoms. The van der Waals surface area contributed by atoms with E-state index < -0.39 is 12.3 Å². The molecule has 0 saturated heterocycles. The maximum absolute atomic E-state index is 11.1. The van der Waals surface area contributed by atoms with Crippen LogP contribution in [-0.4, -0.2) is 52.8 Å². The number of benzene rings is 4. The minimum atomic E-state index is -1.04. The van der Waals surface area contributed by atoms with E-state index in [9.17, 15) is 9.90 Å². The third-order valence-corrected chi connectivity index (χ3v) is 10.9. The van der Waals surface area contributed by atoms with Gasteiger partial charge in [-0.2, -0.15) is 0 Å². The number of carboxylic acid groups (broad SMARTS) is 1. The van der Waals surface area contributed by atoms with E-state index in [1.807, 2.05) is 42.5 Å². The summed E-state index contributed by atoms with van der Waals surface area (Å²) in [4.78, 5) is 20.5. The van der Waals surface area contributed by atoms with Crippen LogP contribution in [0.5, 0.6) is 0 Å². The largest absolute Gasteiger partial charge is 1.00 e. The molecular weight excluding hydrogens is 808 g/mol. The number of aliphatic imine (C=N–C) groups is 2. The maximum atomic E-state index is 11.1. The molecule has 3 atom stereocenters. The van der Waals surface area contributed by atoms with Crippen LogP contribution in [-0.2, 0) is 15.6 Å². The Bertz CT molecular complexity index is 2010. The zero-order valence-corrected chi connectivity index (χ0v) is 34.8. The molecule has 3 N–H and O–H groups in total. The first-order valence-electron chi connectivity index (χ1n) is 16.7. The van der Waals surface area contributed by atoms with Crippen LogP contribution in [0.15, 0.2) is 82.8 Å². The predicted molar refractivity (Wildman–Crippen MR) is 217 cm³/mol. The van der Waals surface area contributed by atoms with E-state index in [-0.39, 0.29) is 45.8 Å². The summed E-state index contributed by atoms with van der Waals surface area (Å²) in [5.41, 5.74) is 6.06. The van der Waals surface area contributed by atoms with Crippen molar-refractivity contribution < 1.29 is 44.1 Å². The molecule has 14 heteroatoms. The number of unbranched alkanes of at least 4 members (excludes halogenated alkanes) is 1. The van der Waals surface area contributed by atoms with Gasteiger partial charge in [-0.15, -0.1) is 0 Å². The molecule has 4 aromatic carbocycles. The monoisotopic (exact) mass is 844 g/mol. The van der Waals surface area contributed by atoms with Gasteiger partial charge in [0.1, 0.15) is 0 Å². The standard InChI is InChI=1S/C22H24Cl3NO2.C18H14Cl3NO2.Li.H2O/c1-3-4-7-28-21(27)18-6-5-14(8-19(18)25)20-12-22(2,13-26-20)15-9-16(23)11-17(24)10-15;1-18(11-5-12(19)7-13(20)6-11)8-16(22-9-18)10-2-3-14(17(23)24)15(21)4-10;;/h5-6,8-11,21,27H,3-4,7,12-13H2,1-2H3;2-7H,8-9H2,1H3,(H,23,24);;1H2/q;;+1;/p-1. The van der Waals surface area contributed by atoms with Gasteiger partial charge in [0.2, 0.25) is 0 Å². The summed E-state index contributed by atoms with van der Waals surface area (Å²) in [5, 5.41) is 22.4. The first-order valence-corrected chi connectivity index (χ1v) is 19.0. The molecule has 54 heavy (non-hydrogen) atoms. The first kappa shape index (κ1) is 46.3. The van der Waals surface area contributed by atoms with E-state index in [1.165, 1.54) is 6.07 Å².